The Balaban J connectivity index is 1.78. The number of fused-ring (bicyclic) bond motifs is 1. The number of hydrogen-bond acceptors (Lipinski definition) is 7. The summed E-state index contributed by atoms with van der Waals surface area (Å²) in [4.78, 5) is 18.3. The summed E-state index contributed by atoms with van der Waals surface area (Å²) in [7, 11) is 4.08. The normalized spacial score (nSPS) is 15.1. The molecule has 1 aliphatic rings. The van der Waals surface area contributed by atoms with E-state index >= 15 is 0 Å². The fraction of sp³-hybridized carbons (Fsp3) is 0.350. The molecule has 2 heterocycles. The molecule has 3 N–H and O–H groups in total. The van der Waals surface area contributed by atoms with Gasteiger partial charge in [-0.3, -0.25) is 15.1 Å². The molecule has 1 amide bonds. The van der Waals surface area contributed by atoms with Crippen LogP contribution in [0, 0.1) is 17.3 Å². The van der Waals surface area contributed by atoms with Crippen LogP contribution in [0.1, 0.15) is 34.9 Å². The zero-order valence-corrected chi connectivity index (χ0v) is 16.4. The van der Waals surface area contributed by atoms with Crippen LogP contribution in [0.2, 0.25) is 0 Å². The number of nitrogens with zero attached hydrogens (tertiary/aromatic N) is 4. The summed E-state index contributed by atoms with van der Waals surface area (Å²) in [6.07, 6.45) is 6.19. The number of nitrogens with one attached hydrogen (secondary N) is 3. The highest BCUT2D eigenvalue weighted by atomic mass is 19.1. The van der Waals surface area contributed by atoms with Crippen LogP contribution in [0.4, 0.5) is 15.8 Å². The molecule has 29 heavy (non-hydrogen) atoms. The second-order valence-electron chi connectivity index (χ2n) is 7.06. The molecule has 2 aromatic rings. The lowest BCUT2D eigenvalue weighted by atomic mass is 10.1. The monoisotopic (exact) mass is 397 g/mol. The third kappa shape index (κ3) is 4.99. The van der Waals surface area contributed by atoms with Crippen LogP contribution >= 0.6 is 0 Å². The Kier molecular flexibility index (Phi) is 6.59. The van der Waals surface area contributed by atoms with Crippen molar-refractivity contribution in [2.75, 3.05) is 37.5 Å². The molecule has 0 saturated heterocycles. The lowest BCUT2D eigenvalue weighted by Gasteiger charge is -2.22. The van der Waals surface area contributed by atoms with Gasteiger partial charge in [0, 0.05) is 18.3 Å². The summed E-state index contributed by atoms with van der Waals surface area (Å²) in [5.74, 6) is -0.865. The highest BCUT2D eigenvalue weighted by Gasteiger charge is 2.29. The zero-order chi connectivity index (χ0) is 20.8. The summed E-state index contributed by atoms with van der Waals surface area (Å²) in [5.41, 5.74) is 5.70. The van der Waals surface area contributed by atoms with Crippen LogP contribution in [0.25, 0.3) is 0 Å². The topological polar surface area (TPSA) is 96.3 Å². The van der Waals surface area contributed by atoms with Gasteiger partial charge in [0.2, 0.25) is 0 Å². The first-order chi connectivity index (χ1) is 14.0. The van der Waals surface area contributed by atoms with Crippen molar-refractivity contribution in [3.8, 4) is 6.19 Å². The van der Waals surface area contributed by atoms with Crippen molar-refractivity contribution in [2.45, 2.75) is 19.0 Å². The van der Waals surface area contributed by atoms with Crippen molar-refractivity contribution in [3.63, 3.8) is 0 Å². The number of unbranched alkanes of at least 4 members (excludes halogenated alkanes) is 1. The van der Waals surface area contributed by atoms with Crippen molar-refractivity contribution >= 4 is 17.3 Å². The predicted molar refractivity (Wildman–Crippen MR) is 108 cm³/mol. The number of amides is 1. The lowest BCUT2D eigenvalue weighted by Crippen LogP contribution is -2.38. The Morgan fingerprint density at radius 2 is 2.21 bits per heavy atom. The molecule has 1 aliphatic heterocycles. The molecule has 1 unspecified atom stereocenters. The van der Waals surface area contributed by atoms with Crippen molar-refractivity contribution in [1.29, 1.82) is 5.26 Å². The van der Waals surface area contributed by atoms with Gasteiger partial charge in [0.15, 0.2) is 6.19 Å². The van der Waals surface area contributed by atoms with E-state index in [4.69, 9.17) is 5.26 Å². The molecule has 1 aromatic heterocycles. The maximum atomic E-state index is 13.9. The standard InChI is InChI=1S/C20H24FN7O/c1-27(2)9-3-4-10-28-18-6-5-14(21)11-16(18)19(26-28)25-17-12-23-8-7-15(17)20(29)24-13-22/h5-8,11-12,19,25-26H,3-4,9-10H2,1-2H3,(H,24,29). The molecule has 1 atom stereocenters. The van der Waals surface area contributed by atoms with Gasteiger partial charge in [0.25, 0.3) is 5.91 Å². The number of nitriles is 1. The number of carbonyl (C=O) groups excluding carboxylic acids is 1. The fourth-order valence-corrected chi connectivity index (χ4v) is 3.27. The quantitative estimate of drug-likeness (QED) is 0.357. The summed E-state index contributed by atoms with van der Waals surface area (Å²) in [6, 6.07) is 6.18. The minimum Gasteiger partial charge on any atom is -0.363 e. The zero-order valence-electron chi connectivity index (χ0n) is 16.4. The third-order valence-corrected chi connectivity index (χ3v) is 4.65. The summed E-state index contributed by atoms with van der Waals surface area (Å²) >= 11 is 0. The van der Waals surface area contributed by atoms with Crippen molar-refractivity contribution in [1.82, 2.24) is 20.6 Å². The number of benzene rings is 1. The number of pyridine rings is 1. The van der Waals surface area contributed by atoms with E-state index < -0.39 is 12.1 Å². The van der Waals surface area contributed by atoms with Gasteiger partial charge >= 0.3 is 0 Å². The largest absolute Gasteiger partial charge is 0.363 e. The fourth-order valence-electron chi connectivity index (χ4n) is 3.27. The maximum absolute atomic E-state index is 13.9. The van der Waals surface area contributed by atoms with Gasteiger partial charge in [0.05, 0.1) is 23.1 Å². The van der Waals surface area contributed by atoms with E-state index in [0.717, 1.165) is 37.2 Å². The maximum Gasteiger partial charge on any atom is 0.266 e. The first kappa shape index (κ1) is 20.5. The molecule has 0 aliphatic carbocycles. The van der Waals surface area contributed by atoms with E-state index in [1.165, 1.54) is 30.6 Å². The Morgan fingerprint density at radius 1 is 1.38 bits per heavy atom. The van der Waals surface area contributed by atoms with Crippen LogP contribution in [-0.4, -0.2) is 43.0 Å². The van der Waals surface area contributed by atoms with Crippen LogP contribution < -0.4 is 21.1 Å². The first-order valence-electron chi connectivity index (χ1n) is 9.37. The average Bonchev–Trinajstić information content (AvgIpc) is 3.02. The minimum atomic E-state index is -0.532. The molecule has 0 fully saturated rings. The molecule has 8 nitrogen and oxygen atoms in total. The van der Waals surface area contributed by atoms with Crippen LogP contribution in [-0.2, 0) is 0 Å². The van der Waals surface area contributed by atoms with E-state index in [-0.39, 0.29) is 11.4 Å². The Labute approximate surface area is 169 Å². The van der Waals surface area contributed by atoms with Gasteiger partial charge in [-0.2, -0.15) is 5.26 Å². The number of halogens is 1. The number of anilines is 2. The van der Waals surface area contributed by atoms with Crippen molar-refractivity contribution < 1.29 is 9.18 Å². The van der Waals surface area contributed by atoms with Gasteiger partial charge in [-0.15, -0.1) is 0 Å². The Bertz CT molecular complexity index is 912. The molecule has 0 radical (unpaired) electrons. The average molecular weight is 397 g/mol. The molecule has 152 valence electrons. The van der Waals surface area contributed by atoms with Crippen molar-refractivity contribution in [3.05, 3.63) is 53.6 Å². The number of hydrogen-bond donors (Lipinski definition) is 3. The predicted octanol–water partition coefficient (Wildman–Crippen LogP) is 2.21. The van der Waals surface area contributed by atoms with E-state index in [1.54, 1.807) is 12.3 Å². The van der Waals surface area contributed by atoms with Gasteiger partial charge in [-0.25, -0.2) is 9.82 Å². The summed E-state index contributed by atoms with van der Waals surface area (Å²) in [6.45, 7) is 1.76. The van der Waals surface area contributed by atoms with E-state index in [9.17, 15) is 9.18 Å². The van der Waals surface area contributed by atoms with Gasteiger partial charge in [-0.1, -0.05) is 0 Å². The van der Waals surface area contributed by atoms with E-state index in [2.05, 4.69) is 25.9 Å². The van der Waals surface area contributed by atoms with Crippen LogP contribution in [0.5, 0.6) is 0 Å². The van der Waals surface area contributed by atoms with E-state index in [1.807, 2.05) is 19.1 Å². The van der Waals surface area contributed by atoms with Crippen molar-refractivity contribution in [2.24, 2.45) is 0 Å². The lowest BCUT2D eigenvalue weighted by molar-refractivity contribution is 0.0973. The number of aromatic nitrogens is 1. The molecular weight excluding hydrogens is 373 g/mol. The number of rotatable bonds is 8. The van der Waals surface area contributed by atoms with E-state index in [0.29, 0.717) is 5.69 Å². The van der Waals surface area contributed by atoms with Crippen LogP contribution in [0.15, 0.2) is 36.7 Å². The third-order valence-electron chi connectivity index (χ3n) is 4.65. The van der Waals surface area contributed by atoms with Gasteiger partial charge in [-0.05, 0) is 57.7 Å². The highest BCUT2D eigenvalue weighted by Crippen LogP contribution is 2.34. The highest BCUT2D eigenvalue weighted by molar-refractivity contribution is 6.00. The number of carbonyl (C=O) groups is 1. The molecule has 0 bridgehead atoms. The molecule has 1 aromatic carbocycles. The summed E-state index contributed by atoms with van der Waals surface area (Å²) < 4.78 is 13.9. The molecule has 3 rings (SSSR count). The van der Waals surface area contributed by atoms with Gasteiger partial charge < -0.3 is 15.2 Å². The Morgan fingerprint density at radius 3 is 2.97 bits per heavy atom. The number of hydrazine groups is 1. The molecule has 0 spiro atoms. The summed E-state index contributed by atoms with van der Waals surface area (Å²) in [5, 5.41) is 16.0. The second-order valence-corrected chi connectivity index (χ2v) is 7.06. The molecular formula is C20H24FN7O. The Hall–Kier alpha value is -3.22. The molecule has 9 heteroatoms. The minimum absolute atomic E-state index is 0.283. The first-order valence-corrected chi connectivity index (χ1v) is 9.37. The van der Waals surface area contributed by atoms with Gasteiger partial charge in [0.1, 0.15) is 12.0 Å². The smallest absolute Gasteiger partial charge is 0.266 e. The molecule has 0 saturated carbocycles. The SMILES string of the molecule is CN(C)CCCCN1NC(Nc2cnccc2C(=O)NC#N)c2cc(F)ccc21. The van der Waals surface area contributed by atoms with Crippen LogP contribution in [0.3, 0.4) is 0 Å². The second kappa shape index (κ2) is 9.32.